The van der Waals surface area contributed by atoms with Crippen molar-refractivity contribution in [2.75, 3.05) is 6.54 Å². The van der Waals surface area contributed by atoms with Crippen LogP contribution < -0.4 is 10.6 Å². The molecule has 98 valence electrons. The molecule has 2 unspecified atom stereocenters. The lowest BCUT2D eigenvalue weighted by molar-refractivity contribution is 0.0923. The third kappa shape index (κ3) is 2.88. The molecule has 1 aliphatic heterocycles. The zero-order valence-corrected chi connectivity index (χ0v) is 10.8. The van der Waals surface area contributed by atoms with Crippen LogP contribution in [0.15, 0.2) is 18.2 Å². The van der Waals surface area contributed by atoms with Gasteiger partial charge in [0.2, 0.25) is 0 Å². The maximum Gasteiger partial charge on any atom is 0.254 e. The fraction of sp³-hybridized carbons (Fsp3) is 0.500. The molecular formula is C14H19FN2O. The summed E-state index contributed by atoms with van der Waals surface area (Å²) in [6.45, 7) is 4.54. The Bertz CT molecular complexity index is 439. The number of amides is 1. The molecule has 1 saturated heterocycles. The summed E-state index contributed by atoms with van der Waals surface area (Å²) in [5, 5.41) is 6.19. The summed E-state index contributed by atoms with van der Waals surface area (Å²) in [6, 6.07) is 5.48. The van der Waals surface area contributed by atoms with Gasteiger partial charge in [0, 0.05) is 18.6 Å². The average molecular weight is 250 g/mol. The fourth-order valence-corrected chi connectivity index (χ4v) is 2.21. The Labute approximate surface area is 107 Å². The lowest BCUT2D eigenvalue weighted by Gasteiger charge is -2.28. The van der Waals surface area contributed by atoms with Crippen molar-refractivity contribution in [2.24, 2.45) is 0 Å². The molecule has 0 bridgehead atoms. The standard InChI is InChI=1S/C14H19FN2O/c1-9-4-3-5-12(13(9)15)14(18)17-11-7-6-10(2)16-8-11/h3-5,10-11,16H,6-8H2,1-2H3,(H,17,18). The van der Waals surface area contributed by atoms with Crippen molar-refractivity contribution in [2.45, 2.75) is 38.8 Å². The van der Waals surface area contributed by atoms with Gasteiger partial charge in [-0.1, -0.05) is 12.1 Å². The summed E-state index contributed by atoms with van der Waals surface area (Å²) in [6.07, 6.45) is 1.97. The predicted octanol–water partition coefficient (Wildman–Crippen LogP) is 2.00. The molecule has 1 heterocycles. The first-order valence-corrected chi connectivity index (χ1v) is 6.37. The van der Waals surface area contributed by atoms with E-state index >= 15 is 0 Å². The number of rotatable bonds is 2. The molecule has 2 N–H and O–H groups in total. The Balaban J connectivity index is 2.01. The molecule has 2 rings (SSSR count). The molecule has 0 spiro atoms. The molecule has 1 amide bonds. The van der Waals surface area contributed by atoms with Gasteiger partial charge in [-0.15, -0.1) is 0 Å². The van der Waals surface area contributed by atoms with Crippen molar-refractivity contribution in [3.8, 4) is 0 Å². The van der Waals surface area contributed by atoms with Crippen LogP contribution in [0.25, 0.3) is 0 Å². The molecule has 0 aromatic heterocycles. The van der Waals surface area contributed by atoms with E-state index in [-0.39, 0.29) is 17.5 Å². The van der Waals surface area contributed by atoms with E-state index in [9.17, 15) is 9.18 Å². The van der Waals surface area contributed by atoms with Crippen LogP contribution in [0.4, 0.5) is 4.39 Å². The molecule has 2 atom stereocenters. The fourth-order valence-electron chi connectivity index (χ4n) is 2.21. The molecule has 1 aromatic rings. The molecular weight excluding hydrogens is 231 g/mol. The Morgan fingerprint density at radius 3 is 2.89 bits per heavy atom. The van der Waals surface area contributed by atoms with Crippen LogP contribution in [-0.4, -0.2) is 24.5 Å². The van der Waals surface area contributed by atoms with Gasteiger partial charge in [-0.05, 0) is 38.3 Å². The maximum absolute atomic E-state index is 13.8. The van der Waals surface area contributed by atoms with Gasteiger partial charge in [0.15, 0.2) is 0 Å². The van der Waals surface area contributed by atoms with Crippen LogP contribution in [-0.2, 0) is 0 Å². The van der Waals surface area contributed by atoms with Crippen molar-refractivity contribution in [1.82, 2.24) is 10.6 Å². The zero-order valence-electron chi connectivity index (χ0n) is 10.8. The number of aryl methyl sites for hydroxylation is 1. The summed E-state index contributed by atoms with van der Waals surface area (Å²) in [5.41, 5.74) is 0.631. The lowest BCUT2D eigenvalue weighted by atomic mass is 10.0. The highest BCUT2D eigenvalue weighted by molar-refractivity contribution is 5.94. The number of benzene rings is 1. The second-order valence-corrected chi connectivity index (χ2v) is 4.99. The number of nitrogens with one attached hydrogen (secondary N) is 2. The largest absolute Gasteiger partial charge is 0.348 e. The van der Waals surface area contributed by atoms with Crippen molar-refractivity contribution < 1.29 is 9.18 Å². The van der Waals surface area contributed by atoms with Crippen LogP contribution in [0, 0.1) is 12.7 Å². The van der Waals surface area contributed by atoms with Crippen molar-refractivity contribution in [3.63, 3.8) is 0 Å². The summed E-state index contributed by atoms with van der Waals surface area (Å²) >= 11 is 0. The first-order chi connectivity index (χ1) is 8.58. The minimum atomic E-state index is -0.424. The monoisotopic (exact) mass is 250 g/mol. The molecule has 4 heteroatoms. The van der Waals surface area contributed by atoms with Gasteiger partial charge in [-0.2, -0.15) is 0 Å². The van der Waals surface area contributed by atoms with Gasteiger partial charge in [0.05, 0.1) is 5.56 Å². The van der Waals surface area contributed by atoms with Crippen molar-refractivity contribution in [1.29, 1.82) is 0 Å². The van der Waals surface area contributed by atoms with E-state index in [2.05, 4.69) is 17.6 Å². The molecule has 0 saturated carbocycles. The lowest BCUT2D eigenvalue weighted by Crippen LogP contribution is -2.48. The summed E-state index contributed by atoms with van der Waals surface area (Å²) < 4.78 is 13.8. The molecule has 3 nitrogen and oxygen atoms in total. The number of carbonyl (C=O) groups is 1. The summed E-state index contributed by atoms with van der Waals surface area (Å²) in [7, 11) is 0. The van der Waals surface area contributed by atoms with Crippen LogP contribution in [0.3, 0.4) is 0 Å². The second-order valence-electron chi connectivity index (χ2n) is 4.99. The van der Waals surface area contributed by atoms with E-state index in [1.807, 2.05) is 0 Å². The summed E-state index contributed by atoms with van der Waals surface area (Å²) in [4.78, 5) is 12.0. The van der Waals surface area contributed by atoms with E-state index in [4.69, 9.17) is 0 Å². The van der Waals surface area contributed by atoms with Crippen molar-refractivity contribution in [3.05, 3.63) is 35.1 Å². The first kappa shape index (κ1) is 13.0. The molecule has 1 aromatic carbocycles. The normalized spacial score (nSPS) is 23.7. The topological polar surface area (TPSA) is 41.1 Å². The number of carbonyl (C=O) groups excluding carboxylic acids is 1. The minimum absolute atomic E-state index is 0.0913. The molecule has 18 heavy (non-hydrogen) atoms. The second kappa shape index (κ2) is 5.48. The van der Waals surface area contributed by atoms with E-state index in [0.717, 1.165) is 19.4 Å². The molecule has 1 fully saturated rings. The Hall–Kier alpha value is -1.42. The molecule has 0 aliphatic carbocycles. The smallest absolute Gasteiger partial charge is 0.254 e. The number of piperidine rings is 1. The third-order valence-corrected chi connectivity index (χ3v) is 3.43. The molecule has 0 radical (unpaired) electrons. The average Bonchev–Trinajstić information content (AvgIpc) is 2.35. The minimum Gasteiger partial charge on any atom is -0.348 e. The van der Waals surface area contributed by atoms with Gasteiger partial charge in [0.1, 0.15) is 5.82 Å². The van der Waals surface area contributed by atoms with E-state index < -0.39 is 5.82 Å². The van der Waals surface area contributed by atoms with Gasteiger partial charge < -0.3 is 10.6 Å². The van der Waals surface area contributed by atoms with Crippen LogP contribution in [0.1, 0.15) is 35.7 Å². The Morgan fingerprint density at radius 2 is 2.22 bits per heavy atom. The maximum atomic E-state index is 13.8. The third-order valence-electron chi connectivity index (χ3n) is 3.43. The van der Waals surface area contributed by atoms with E-state index in [0.29, 0.717) is 11.6 Å². The SMILES string of the molecule is Cc1cccc(C(=O)NC2CCC(C)NC2)c1F. The highest BCUT2D eigenvalue weighted by atomic mass is 19.1. The quantitative estimate of drug-likeness (QED) is 0.843. The molecule has 1 aliphatic rings. The van der Waals surface area contributed by atoms with Gasteiger partial charge in [0.25, 0.3) is 5.91 Å². The van der Waals surface area contributed by atoms with Gasteiger partial charge in [-0.3, -0.25) is 4.79 Å². The highest BCUT2D eigenvalue weighted by Crippen LogP contribution is 2.13. The van der Waals surface area contributed by atoms with Gasteiger partial charge >= 0.3 is 0 Å². The summed E-state index contributed by atoms with van der Waals surface area (Å²) in [5.74, 6) is -0.746. The van der Waals surface area contributed by atoms with E-state index in [1.54, 1.807) is 19.1 Å². The van der Waals surface area contributed by atoms with Crippen LogP contribution >= 0.6 is 0 Å². The Morgan fingerprint density at radius 1 is 1.44 bits per heavy atom. The Kier molecular flexibility index (Phi) is 3.97. The van der Waals surface area contributed by atoms with Gasteiger partial charge in [-0.25, -0.2) is 4.39 Å². The van der Waals surface area contributed by atoms with E-state index in [1.165, 1.54) is 6.07 Å². The number of hydrogen-bond donors (Lipinski definition) is 2. The number of hydrogen-bond acceptors (Lipinski definition) is 2. The predicted molar refractivity (Wildman–Crippen MR) is 69.1 cm³/mol. The van der Waals surface area contributed by atoms with Crippen LogP contribution in [0.5, 0.6) is 0 Å². The zero-order chi connectivity index (χ0) is 13.1. The van der Waals surface area contributed by atoms with Crippen LogP contribution in [0.2, 0.25) is 0 Å². The highest BCUT2D eigenvalue weighted by Gasteiger charge is 2.21. The number of halogens is 1. The first-order valence-electron chi connectivity index (χ1n) is 6.37. The van der Waals surface area contributed by atoms with Crippen molar-refractivity contribution >= 4 is 5.91 Å².